The van der Waals surface area contributed by atoms with Gasteiger partial charge < -0.3 is 97.4 Å². The first-order chi connectivity index (χ1) is 22.4. The largest absolute Gasteiger partial charge is 0.480 e. The average Bonchev–Trinajstić information content (AvgIpc) is 2.64. The molecule has 0 amide bonds. The Balaban J connectivity index is 1.47. The van der Waals surface area contributed by atoms with Crippen LogP contribution in [0.3, 0.4) is 0 Å². The van der Waals surface area contributed by atoms with Gasteiger partial charge >= 0.3 is 123 Å². The zero-order chi connectivity index (χ0) is 38.4. The highest BCUT2D eigenvalue weighted by Crippen LogP contribution is 2.46. The molecule has 14 atom stereocenters. The van der Waals surface area contributed by atoms with Crippen LogP contribution in [0.1, 0.15) is 0 Å². The standard InChI is InChI=1S/C14H46O23Si14/c1-38(15)19-39(2,16)22-43(6)25-42(5,21-38)27-46(9)31-47(10,28-43)34-51(14)36-49(12)30-45(8)24-41(4,18)20-40(3,17)23-44(7,26-45)29-48(11,32-49)35-50(13,33-46)37-51/h15-18H,1-14H3/t38-,39+,40+,41-,42+,43-,44-,45+,46-,47+,48+,49-,50?,51?. The minimum absolute atomic E-state index is 1.29. The molecule has 0 aromatic rings. The van der Waals surface area contributed by atoms with Gasteiger partial charge in [-0.1, -0.05) is 0 Å². The summed E-state index contributed by atoms with van der Waals surface area (Å²) in [5.41, 5.74) is 0. The number of rotatable bonds is 0. The Bertz CT molecular complexity index is 1250. The van der Waals surface area contributed by atoms with Gasteiger partial charge in [-0.15, -0.1) is 0 Å². The van der Waals surface area contributed by atoms with E-state index in [4.69, 9.17) is 78.2 Å². The molecule has 23 nitrogen and oxygen atoms in total. The molecule has 51 heavy (non-hydrogen) atoms. The first kappa shape index (κ1) is 42.7. The Morgan fingerprint density at radius 1 is 0.176 bits per heavy atom. The van der Waals surface area contributed by atoms with Crippen LogP contribution in [0.2, 0.25) is 91.7 Å². The van der Waals surface area contributed by atoms with Crippen LogP contribution in [0.4, 0.5) is 0 Å². The van der Waals surface area contributed by atoms with Crippen molar-refractivity contribution in [3.05, 3.63) is 0 Å². The highest BCUT2D eigenvalue weighted by Gasteiger charge is 2.76. The summed E-state index contributed by atoms with van der Waals surface area (Å²) in [6, 6.07) is 0. The van der Waals surface area contributed by atoms with Gasteiger partial charge in [-0.3, -0.25) is 0 Å². The van der Waals surface area contributed by atoms with E-state index < -0.39 is 123 Å². The Hall–Kier alpha value is 2.12. The van der Waals surface area contributed by atoms with E-state index in [1.165, 1.54) is 78.6 Å². The molecule has 0 saturated carbocycles. The van der Waals surface area contributed by atoms with E-state index in [1.807, 2.05) is 0 Å². The maximum absolute atomic E-state index is 11.1. The summed E-state index contributed by atoms with van der Waals surface area (Å²) in [7, 11) is -58.0. The fourth-order valence-electron chi connectivity index (χ4n) is 7.17. The van der Waals surface area contributed by atoms with Crippen molar-refractivity contribution in [3.8, 4) is 0 Å². The monoisotopic (exact) mass is 974 g/mol. The molecular formula is C14H46O23Si14. The van der Waals surface area contributed by atoms with E-state index >= 15 is 0 Å². The van der Waals surface area contributed by atoms with E-state index in [0.29, 0.717) is 0 Å². The smallest absolute Gasteiger partial charge is 0.391 e. The Kier molecular flexibility index (Phi) is 10.3. The fourth-order valence-corrected chi connectivity index (χ4v) is 77.2. The van der Waals surface area contributed by atoms with Crippen LogP contribution in [-0.2, 0) is 78.2 Å². The molecule has 37 heteroatoms. The summed E-state index contributed by atoms with van der Waals surface area (Å²) in [5, 5.41) is 0. The Labute approximate surface area is 310 Å². The first-order valence-electron chi connectivity index (χ1n) is 15.7. The lowest BCUT2D eigenvalue weighted by Gasteiger charge is -2.57. The topological polar surface area (TPSA) is 256 Å². The van der Waals surface area contributed by atoms with Gasteiger partial charge in [-0.05, 0) is 0 Å². The third kappa shape index (κ3) is 9.71. The molecule has 296 valence electrons. The molecule has 6 heterocycles. The molecule has 2 unspecified atom stereocenters. The van der Waals surface area contributed by atoms with Crippen molar-refractivity contribution in [2.24, 2.45) is 0 Å². The van der Waals surface area contributed by atoms with Gasteiger partial charge in [0.2, 0.25) is 0 Å². The van der Waals surface area contributed by atoms with Gasteiger partial charge in [0, 0.05) is 91.7 Å². The van der Waals surface area contributed by atoms with Crippen molar-refractivity contribution < 1.29 is 97.4 Å². The van der Waals surface area contributed by atoms with Gasteiger partial charge in [0.15, 0.2) is 0 Å². The van der Waals surface area contributed by atoms with Crippen molar-refractivity contribution in [2.45, 2.75) is 91.7 Å². The second-order valence-corrected chi connectivity index (χ2v) is 54.1. The maximum Gasteiger partial charge on any atom is 0.480 e. The first-order valence-corrected chi connectivity index (χ1v) is 47.0. The number of hydrogen-bond donors (Lipinski definition) is 4. The molecule has 0 radical (unpaired) electrons. The predicted octanol–water partition coefficient (Wildman–Crippen LogP) is -0.686. The molecule has 0 aromatic heterocycles. The number of hydrogen-bond acceptors (Lipinski definition) is 23. The van der Waals surface area contributed by atoms with Crippen molar-refractivity contribution in [2.75, 3.05) is 0 Å². The summed E-state index contributed by atoms with van der Waals surface area (Å²) in [6.07, 6.45) is 0. The van der Waals surface area contributed by atoms with Crippen LogP contribution in [0.15, 0.2) is 0 Å². The molecule has 6 aliphatic heterocycles. The summed E-state index contributed by atoms with van der Waals surface area (Å²) < 4.78 is 121. The molecule has 4 N–H and O–H groups in total. The molecule has 6 fully saturated rings. The van der Waals surface area contributed by atoms with Gasteiger partial charge in [-0.25, -0.2) is 0 Å². The van der Waals surface area contributed by atoms with Crippen LogP contribution >= 0.6 is 0 Å². The van der Waals surface area contributed by atoms with E-state index in [1.54, 1.807) is 13.1 Å². The highest BCUT2D eigenvalue weighted by molar-refractivity contribution is 7.01. The molecule has 6 rings (SSSR count). The van der Waals surface area contributed by atoms with Crippen molar-refractivity contribution in [1.29, 1.82) is 0 Å². The van der Waals surface area contributed by atoms with Crippen molar-refractivity contribution in [1.82, 2.24) is 0 Å². The van der Waals surface area contributed by atoms with Crippen LogP contribution < -0.4 is 0 Å². The molecule has 0 aromatic carbocycles. The summed E-state index contributed by atoms with van der Waals surface area (Å²) >= 11 is 0. The quantitative estimate of drug-likeness (QED) is 0.219. The van der Waals surface area contributed by atoms with Crippen LogP contribution in [-0.4, -0.2) is 142 Å². The lowest BCUT2D eigenvalue weighted by Crippen LogP contribution is -2.83. The van der Waals surface area contributed by atoms with Gasteiger partial charge in [0.05, 0.1) is 0 Å². The average molecular weight is 976 g/mol. The van der Waals surface area contributed by atoms with Gasteiger partial charge in [0.1, 0.15) is 0 Å². The molecular weight excluding hydrogens is 929 g/mol. The molecule has 6 saturated heterocycles. The van der Waals surface area contributed by atoms with Gasteiger partial charge in [-0.2, -0.15) is 0 Å². The van der Waals surface area contributed by atoms with E-state index in [-0.39, 0.29) is 0 Å². The Morgan fingerprint density at radius 2 is 0.275 bits per heavy atom. The normalized spacial score (nSPS) is 62.7. The van der Waals surface area contributed by atoms with E-state index in [0.717, 1.165) is 0 Å². The Morgan fingerprint density at radius 3 is 0.392 bits per heavy atom. The third-order valence-electron chi connectivity index (χ3n) is 7.08. The maximum atomic E-state index is 11.1. The highest BCUT2D eigenvalue weighted by atomic mass is 28.6. The SMILES string of the molecule is C[Si]12O[Si](C)(O[Si@@]3(C)O[Si@@](C)(O1)O[Si@]1(C)O[Si@@](C)(O)O[Si@@](C)(O)O[Si@](C)(O3)O1)O[Si@]1(C)O[Si@](C)(O2)O[Si@@]2(C)O[Si@](C)(O)O[Si@](C)(O)O[Si@@](C)(O1)O2. The minimum Gasteiger partial charge on any atom is -0.391 e. The molecule has 0 aliphatic carbocycles. The van der Waals surface area contributed by atoms with E-state index in [9.17, 15) is 19.2 Å². The molecule has 0 spiro atoms. The number of fused-ring (bicyclic) bond motifs is 10. The van der Waals surface area contributed by atoms with Crippen LogP contribution in [0.25, 0.3) is 0 Å². The predicted molar refractivity (Wildman–Crippen MR) is 192 cm³/mol. The second kappa shape index (κ2) is 12.3. The molecule has 6 aliphatic rings. The van der Waals surface area contributed by atoms with Crippen LogP contribution in [0.5, 0.6) is 0 Å². The minimum atomic E-state index is -4.20. The zero-order valence-electron chi connectivity index (χ0n) is 30.5. The summed E-state index contributed by atoms with van der Waals surface area (Å²) in [5.74, 6) is 0. The summed E-state index contributed by atoms with van der Waals surface area (Å²) in [4.78, 5) is 44.5. The second-order valence-electron chi connectivity index (χ2n) is 14.2. The molecule has 10 bridgehead atoms. The van der Waals surface area contributed by atoms with Crippen molar-refractivity contribution in [3.63, 3.8) is 0 Å². The lowest BCUT2D eigenvalue weighted by atomic mass is 11.9. The third-order valence-corrected chi connectivity index (χ3v) is 63.7. The fraction of sp³-hybridized carbons (Fsp3) is 1.00. The van der Waals surface area contributed by atoms with Gasteiger partial charge in [0.25, 0.3) is 0 Å². The lowest BCUT2D eigenvalue weighted by molar-refractivity contribution is 0.00551. The van der Waals surface area contributed by atoms with Crippen molar-refractivity contribution >= 4 is 123 Å². The summed E-state index contributed by atoms with van der Waals surface area (Å²) in [6.45, 7) is 20.3. The van der Waals surface area contributed by atoms with Crippen LogP contribution in [0, 0.1) is 0 Å². The zero-order valence-corrected chi connectivity index (χ0v) is 44.5. The van der Waals surface area contributed by atoms with E-state index in [2.05, 4.69) is 0 Å².